The maximum Gasteiger partial charge on any atom is 0.335 e. The molecule has 0 saturated carbocycles. The Kier molecular flexibility index (Phi) is 5.48. The molecule has 2 N–H and O–H groups in total. The minimum atomic E-state index is -0.883. The van der Waals surface area contributed by atoms with E-state index in [0.717, 1.165) is 57.7 Å². The van der Waals surface area contributed by atoms with Crippen LogP contribution in [0.5, 0.6) is 0 Å². The van der Waals surface area contributed by atoms with E-state index in [1.165, 1.54) is 0 Å². The van der Waals surface area contributed by atoms with Crippen LogP contribution in [0.2, 0.25) is 0 Å². The number of nitrogens with one attached hydrogen (secondary N) is 1. The summed E-state index contributed by atoms with van der Waals surface area (Å²) in [5.41, 5.74) is 1.41. The molecule has 0 aromatic heterocycles. The van der Waals surface area contributed by atoms with Gasteiger partial charge in [-0.1, -0.05) is 12.1 Å². The summed E-state index contributed by atoms with van der Waals surface area (Å²) < 4.78 is 0. The first kappa shape index (κ1) is 16.9. The fraction of sp³-hybridized carbons (Fsp3) is 0.556. The molecule has 0 bridgehead atoms. The monoisotopic (exact) mass is 331 g/mol. The number of carboxylic acid groups (broad SMARTS) is 1. The fourth-order valence-corrected chi connectivity index (χ4v) is 3.59. The third kappa shape index (κ3) is 4.33. The second-order valence-electron chi connectivity index (χ2n) is 6.73. The topological polar surface area (TPSA) is 72.9 Å². The largest absolute Gasteiger partial charge is 0.478 e. The molecule has 2 aliphatic rings. The van der Waals surface area contributed by atoms with Gasteiger partial charge in [-0.3, -0.25) is 9.69 Å². The van der Waals surface area contributed by atoms with Gasteiger partial charge in [0.15, 0.2) is 0 Å². The second kappa shape index (κ2) is 7.77. The average molecular weight is 331 g/mol. The molecule has 2 heterocycles. The molecule has 2 fully saturated rings. The van der Waals surface area contributed by atoms with E-state index in [-0.39, 0.29) is 5.91 Å². The molecule has 3 rings (SSSR count). The zero-order chi connectivity index (χ0) is 16.9. The molecule has 1 aromatic carbocycles. The zero-order valence-electron chi connectivity index (χ0n) is 13.9. The van der Waals surface area contributed by atoms with E-state index in [2.05, 4.69) is 10.2 Å². The Morgan fingerprint density at radius 2 is 2.00 bits per heavy atom. The van der Waals surface area contributed by atoms with Gasteiger partial charge in [0.25, 0.3) is 0 Å². The molecule has 1 atom stereocenters. The number of hydrogen-bond acceptors (Lipinski definition) is 4. The van der Waals surface area contributed by atoms with Crippen molar-refractivity contribution in [1.29, 1.82) is 0 Å². The van der Waals surface area contributed by atoms with Crippen molar-refractivity contribution in [2.45, 2.75) is 12.8 Å². The van der Waals surface area contributed by atoms with Gasteiger partial charge >= 0.3 is 5.97 Å². The number of amides is 1. The molecule has 0 radical (unpaired) electrons. The second-order valence-corrected chi connectivity index (χ2v) is 6.73. The Bertz CT molecular complexity index is 599. The van der Waals surface area contributed by atoms with Gasteiger partial charge in [-0.25, -0.2) is 4.79 Å². The van der Waals surface area contributed by atoms with Gasteiger partial charge in [0.05, 0.1) is 12.1 Å². The van der Waals surface area contributed by atoms with Gasteiger partial charge in [-0.15, -0.1) is 0 Å². The van der Waals surface area contributed by atoms with Gasteiger partial charge in [-0.05, 0) is 43.0 Å². The van der Waals surface area contributed by atoms with Gasteiger partial charge in [0, 0.05) is 32.7 Å². The number of carbonyl (C=O) groups is 2. The Balaban J connectivity index is 1.49. The zero-order valence-corrected chi connectivity index (χ0v) is 13.9. The lowest BCUT2D eigenvalue weighted by Gasteiger charge is -2.29. The maximum atomic E-state index is 12.3. The average Bonchev–Trinajstić information content (AvgIpc) is 3.02. The van der Waals surface area contributed by atoms with Crippen LogP contribution in [0.25, 0.3) is 0 Å². The minimum Gasteiger partial charge on any atom is -0.478 e. The van der Waals surface area contributed by atoms with E-state index < -0.39 is 5.97 Å². The van der Waals surface area contributed by atoms with E-state index in [0.29, 0.717) is 18.0 Å². The summed E-state index contributed by atoms with van der Waals surface area (Å²) in [5, 5.41) is 12.3. The first-order chi connectivity index (χ1) is 11.6. The number of nitrogens with zero attached hydrogens (tertiary/aromatic N) is 2. The van der Waals surface area contributed by atoms with Crippen molar-refractivity contribution in [3.8, 4) is 0 Å². The summed E-state index contributed by atoms with van der Waals surface area (Å²) in [6.07, 6.45) is 1.94. The molecular formula is C18H25N3O3. The highest BCUT2D eigenvalue weighted by atomic mass is 16.4. The van der Waals surface area contributed by atoms with Crippen molar-refractivity contribution < 1.29 is 14.7 Å². The predicted octanol–water partition coefficient (Wildman–Crippen LogP) is 0.681. The van der Waals surface area contributed by atoms with E-state index in [9.17, 15) is 9.59 Å². The highest BCUT2D eigenvalue weighted by molar-refractivity contribution is 5.87. The summed E-state index contributed by atoms with van der Waals surface area (Å²) in [4.78, 5) is 27.6. The van der Waals surface area contributed by atoms with Crippen LogP contribution in [0.15, 0.2) is 24.3 Å². The van der Waals surface area contributed by atoms with Crippen molar-refractivity contribution >= 4 is 11.9 Å². The molecular weight excluding hydrogens is 306 g/mol. The SMILES string of the molecule is O=C(O)c1cccc(CC2CCN(CC(=O)N3CCNCC3)C2)c1. The lowest BCUT2D eigenvalue weighted by Crippen LogP contribution is -2.49. The summed E-state index contributed by atoms with van der Waals surface area (Å²) in [6, 6.07) is 7.18. The quantitative estimate of drug-likeness (QED) is 0.830. The molecule has 2 aliphatic heterocycles. The predicted molar refractivity (Wildman–Crippen MR) is 91.1 cm³/mol. The molecule has 1 amide bonds. The summed E-state index contributed by atoms with van der Waals surface area (Å²) in [5.74, 6) is -0.165. The van der Waals surface area contributed by atoms with Crippen LogP contribution in [0, 0.1) is 5.92 Å². The first-order valence-electron chi connectivity index (χ1n) is 8.65. The number of aromatic carboxylic acids is 1. The van der Waals surface area contributed by atoms with Crippen LogP contribution in [0.1, 0.15) is 22.3 Å². The van der Waals surface area contributed by atoms with Crippen LogP contribution < -0.4 is 5.32 Å². The van der Waals surface area contributed by atoms with Crippen molar-refractivity contribution in [1.82, 2.24) is 15.1 Å². The van der Waals surface area contributed by atoms with Gasteiger partial charge in [0.1, 0.15) is 0 Å². The molecule has 0 aliphatic carbocycles. The van der Waals surface area contributed by atoms with Crippen LogP contribution in [-0.4, -0.2) is 72.6 Å². The summed E-state index contributed by atoms with van der Waals surface area (Å²) >= 11 is 0. The number of likely N-dealkylation sites (tertiary alicyclic amines) is 1. The smallest absolute Gasteiger partial charge is 0.335 e. The van der Waals surface area contributed by atoms with Crippen molar-refractivity contribution in [3.05, 3.63) is 35.4 Å². The normalized spacial score (nSPS) is 21.8. The van der Waals surface area contributed by atoms with Crippen molar-refractivity contribution in [2.24, 2.45) is 5.92 Å². The molecule has 6 nitrogen and oxygen atoms in total. The van der Waals surface area contributed by atoms with E-state index >= 15 is 0 Å². The lowest BCUT2D eigenvalue weighted by molar-refractivity contribution is -0.132. The summed E-state index contributed by atoms with van der Waals surface area (Å²) in [7, 11) is 0. The standard InChI is InChI=1S/C18H25N3O3/c22-17(21-8-5-19-6-9-21)13-20-7-4-15(12-20)10-14-2-1-3-16(11-14)18(23)24/h1-3,11,15,19H,4-10,12-13H2,(H,23,24). The van der Waals surface area contributed by atoms with E-state index in [4.69, 9.17) is 5.11 Å². The molecule has 1 aromatic rings. The number of carbonyl (C=O) groups excluding carboxylic acids is 1. The number of benzene rings is 1. The fourth-order valence-electron chi connectivity index (χ4n) is 3.59. The lowest BCUT2D eigenvalue weighted by atomic mass is 9.97. The van der Waals surface area contributed by atoms with Crippen LogP contribution in [0.3, 0.4) is 0 Å². The Morgan fingerprint density at radius 1 is 1.21 bits per heavy atom. The molecule has 0 spiro atoms. The van der Waals surface area contributed by atoms with E-state index in [1.54, 1.807) is 18.2 Å². The maximum absolute atomic E-state index is 12.3. The Morgan fingerprint density at radius 3 is 2.75 bits per heavy atom. The van der Waals surface area contributed by atoms with Crippen molar-refractivity contribution in [3.63, 3.8) is 0 Å². The molecule has 130 valence electrons. The summed E-state index contributed by atoms with van der Waals surface area (Å²) in [6.45, 7) is 5.74. The highest BCUT2D eigenvalue weighted by Crippen LogP contribution is 2.21. The molecule has 1 unspecified atom stereocenters. The first-order valence-corrected chi connectivity index (χ1v) is 8.65. The molecule has 6 heteroatoms. The van der Waals surface area contributed by atoms with Gasteiger partial charge in [0.2, 0.25) is 5.91 Å². The third-order valence-corrected chi connectivity index (χ3v) is 4.90. The molecule has 2 saturated heterocycles. The highest BCUT2D eigenvalue weighted by Gasteiger charge is 2.26. The van der Waals surface area contributed by atoms with E-state index in [1.807, 2.05) is 11.0 Å². The van der Waals surface area contributed by atoms with Crippen LogP contribution in [-0.2, 0) is 11.2 Å². The number of hydrogen-bond donors (Lipinski definition) is 2. The molecule has 24 heavy (non-hydrogen) atoms. The number of rotatable bonds is 5. The minimum absolute atomic E-state index is 0.227. The van der Waals surface area contributed by atoms with Crippen LogP contribution >= 0.6 is 0 Å². The Labute approximate surface area is 142 Å². The Hall–Kier alpha value is -1.92. The van der Waals surface area contributed by atoms with Gasteiger partial charge < -0.3 is 15.3 Å². The van der Waals surface area contributed by atoms with Gasteiger partial charge in [-0.2, -0.15) is 0 Å². The third-order valence-electron chi connectivity index (χ3n) is 4.90. The van der Waals surface area contributed by atoms with Crippen LogP contribution in [0.4, 0.5) is 0 Å². The number of carboxylic acids is 1. The van der Waals surface area contributed by atoms with Crippen molar-refractivity contribution in [2.75, 3.05) is 45.8 Å². The number of piperazine rings is 1.